The third-order valence-electron chi connectivity index (χ3n) is 1.72. The molecule has 9 nitrogen and oxygen atoms in total. The topological polar surface area (TPSA) is 132 Å². The first-order chi connectivity index (χ1) is 7.94. The molecule has 0 aliphatic heterocycles. The summed E-state index contributed by atoms with van der Waals surface area (Å²) in [5.41, 5.74) is 0. The van der Waals surface area contributed by atoms with Crippen molar-refractivity contribution in [3.8, 4) is 0 Å². The van der Waals surface area contributed by atoms with Crippen molar-refractivity contribution in [1.29, 1.82) is 0 Å². The van der Waals surface area contributed by atoms with Crippen LogP contribution in [0.25, 0.3) is 0 Å². The molecule has 0 aliphatic rings. The summed E-state index contributed by atoms with van der Waals surface area (Å²) in [6.45, 7) is -0.0534. The van der Waals surface area contributed by atoms with Crippen molar-refractivity contribution >= 4 is 28.0 Å². The monoisotopic (exact) mass is 284 g/mol. The Morgan fingerprint density at radius 3 is 1.89 bits per heavy atom. The molecule has 0 saturated carbocycles. The fourth-order valence-electron chi connectivity index (χ4n) is 0.966. The molecular weight excluding hydrogens is 271 g/mol. The fraction of sp³-hybridized carbons (Fsp3) is 0.571. The Kier molecular flexibility index (Phi) is 7.40. The Balaban J connectivity index is 0.00000289. The van der Waals surface area contributed by atoms with Gasteiger partial charge in [-0.2, -0.15) is 15.0 Å². The summed E-state index contributed by atoms with van der Waals surface area (Å²) in [6.07, 6.45) is 0. The van der Waals surface area contributed by atoms with Crippen molar-refractivity contribution in [2.45, 2.75) is 0 Å². The summed E-state index contributed by atoms with van der Waals surface area (Å²) < 4.78 is 31.2. The van der Waals surface area contributed by atoms with E-state index < -0.39 is 15.9 Å². The zero-order valence-corrected chi connectivity index (χ0v) is 13.2. The smallest absolute Gasteiger partial charge is 0.748 e. The van der Waals surface area contributed by atoms with Gasteiger partial charge in [-0.05, 0) is 0 Å². The van der Waals surface area contributed by atoms with Crippen LogP contribution < -0.4 is 45.5 Å². The van der Waals surface area contributed by atoms with Crippen molar-refractivity contribution in [3.05, 3.63) is 0 Å². The van der Waals surface area contributed by atoms with Crippen LogP contribution in [0.4, 0.5) is 17.8 Å². The van der Waals surface area contributed by atoms with Gasteiger partial charge in [0.05, 0.1) is 15.9 Å². The number of hydrogen-bond acceptors (Lipinski definition) is 9. The molecule has 18 heavy (non-hydrogen) atoms. The molecule has 0 atom stereocenters. The van der Waals surface area contributed by atoms with Crippen molar-refractivity contribution in [3.63, 3.8) is 0 Å². The van der Waals surface area contributed by atoms with E-state index in [1.54, 1.807) is 14.1 Å². The average Bonchev–Trinajstić information content (AvgIpc) is 2.26. The molecule has 1 heterocycles. The number of nitrogens with one attached hydrogen (secondary N) is 3. The van der Waals surface area contributed by atoms with Gasteiger partial charge in [0.15, 0.2) is 0 Å². The van der Waals surface area contributed by atoms with Crippen LogP contribution in [0.2, 0.25) is 0 Å². The summed E-state index contributed by atoms with van der Waals surface area (Å²) in [4.78, 5) is 11.8. The van der Waals surface area contributed by atoms with Gasteiger partial charge < -0.3 is 20.5 Å². The van der Waals surface area contributed by atoms with Gasteiger partial charge in [0.2, 0.25) is 17.8 Å². The van der Waals surface area contributed by atoms with E-state index in [0.29, 0.717) is 11.9 Å². The Bertz CT molecular complexity index is 460. The molecule has 1 aromatic heterocycles. The second-order valence-electron chi connectivity index (χ2n) is 2.99. The van der Waals surface area contributed by atoms with E-state index in [9.17, 15) is 13.0 Å². The second kappa shape index (κ2) is 7.69. The predicted octanol–water partition coefficient (Wildman–Crippen LogP) is -4.08. The normalized spacial score (nSPS) is 10.4. The predicted molar refractivity (Wildman–Crippen MR) is 62.0 cm³/mol. The molecular formula is C7H13N6NaO3S. The molecule has 0 aliphatic carbocycles. The van der Waals surface area contributed by atoms with E-state index in [-0.39, 0.29) is 42.1 Å². The molecule has 1 aromatic rings. The van der Waals surface area contributed by atoms with Crippen molar-refractivity contribution in [2.24, 2.45) is 0 Å². The molecule has 0 saturated heterocycles. The first-order valence-corrected chi connectivity index (χ1v) is 6.31. The van der Waals surface area contributed by atoms with Gasteiger partial charge in [-0.25, -0.2) is 8.42 Å². The first-order valence-electron chi connectivity index (χ1n) is 4.73. The summed E-state index contributed by atoms with van der Waals surface area (Å²) in [5, 5.41) is 8.08. The van der Waals surface area contributed by atoms with E-state index in [2.05, 4.69) is 30.9 Å². The van der Waals surface area contributed by atoms with Crippen molar-refractivity contribution in [1.82, 2.24) is 15.0 Å². The number of aromatic nitrogens is 3. The zero-order chi connectivity index (χ0) is 12.9. The first kappa shape index (κ1) is 17.3. The van der Waals surface area contributed by atoms with Gasteiger partial charge in [0.25, 0.3) is 0 Å². The maximum atomic E-state index is 10.4. The third-order valence-corrected chi connectivity index (χ3v) is 2.42. The van der Waals surface area contributed by atoms with Gasteiger partial charge >= 0.3 is 29.6 Å². The van der Waals surface area contributed by atoms with E-state index in [4.69, 9.17) is 0 Å². The molecule has 96 valence electrons. The Labute approximate surface area is 127 Å². The van der Waals surface area contributed by atoms with Crippen LogP contribution in [0.15, 0.2) is 0 Å². The Morgan fingerprint density at radius 2 is 1.50 bits per heavy atom. The average molecular weight is 284 g/mol. The summed E-state index contributed by atoms with van der Waals surface area (Å²) in [5.74, 6) is 0.327. The molecule has 3 N–H and O–H groups in total. The van der Waals surface area contributed by atoms with Crippen molar-refractivity contribution < 1.29 is 42.5 Å². The summed E-state index contributed by atoms with van der Waals surface area (Å²) >= 11 is 0. The van der Waals surface area contributed by atoms with Gasteiger partial charge in [-0.1, -0.05) is 0 Å². The SMILES string of the molecule is CNc1nc(NC)nc(NCCS(=O)(=O)[O-])n1.[Na+]. The van der Waals surface area contributed by atoms with Gasteiger partial charge in [0, 0.05) is 20.6 Å². The second-order valence-corrected chi connectivity index (χ2v) is 4.52. The number of hydrogen-bond donors (Lipinski definition) is 3. The van der Waals surface area contributed by atoms with Crippen LogP contribution in [0.5, 0.6) is 0 Å². The largest absolute Gasteiger partial charge is 1.00 e. The molecule has 0 radical (unpaired) electrons. The minimum absolute atomic E-state index is 0. The maximum absolute atomic E-state index is 10.4. The molecule has 0 bridgehead atoms. The fourth-order valence-corrected chi connectivity index (χ4v) is 1.32. The van der Waals surface area contributed by atoms with E-state index in [1.165, 1.54) is 0 Å². The molecule has 0 aromatic carbocycles. The van der Waals surface area contributed by atoms with Crippen LogP contribution in [0, 0.1) is 0 Å². The molecule has 0 amide bonds. The van der Waals surface area contributed by atoms with Crippen LogP contribution in [0.3, 0.4) is 0 Å². The van der Waals surface area contributed by atoms with Crippen LogP contribution in [0.1, 0.15) is 0 Å². The molecule has 0 spiro atoms. The third kappa shape index (κ3) is 6.31. The quantitative estimate of drug-likeness (QED) is 0.352. The van der Waals surface area contributed by atoms with Gasteiger partial charge in [-0.15, -0.1) is 0 Å². The Hall–Kier alpha value is -0.680. The van der Waals surface area contributed by atoms with Crippen molar-refractivity contribution in [2.75, 3.05) is 42.3 Å². The molecule has 0 fully saturated rings. The minimum atomic E-state index is -4.24. The van der Waals surface area contributed by atoms with E-state index >= 15 is 0 Å². The molecule has 0 unspecified atom stereocenters. The zero-order valence-electron chi connectivity index (χ0n) is 10.4. The Morgan fingerprint density at radius 1 is 1.06 bits per heavy atom. The number of anilines is 3. The minimum Gasteiger partial charge on any atom is -0.748 e. The molecule has 11 heteroatoms. The number of rotatable bonds is 6. The standard InChI is InChI=1S/C7H14N6O3S.Na/c1-8-5-11-6(9-2)13-7(12-5)10-3-4-17(14,15)16;/h3-4H2,1-2H3,(H,14,15,16)(H3,8,9,10,11,12,13);/q;+1/p-1. The van der Waals surface area contributed by atoms with Crippen LogP contribution >= 0.6 is 0 Å². The van der Waals surface area contributed by atoms with Crippen LogP contribution in [-0.2, 0) is 10.1 Å². The van der Waals surface area contributed by atoms with E-state index in [0.717, 1.165) is 0 Å². The summed E-state index contributed by atoms with van der Waals surface area (Å²) in [6, 6.07) is 0. The van der Waals surface area contributed by atoms with E-state index in [1.807, 2.05) is 0 Å². The summed E-state index contributed by atoms with van der Waals surface area (Å²) in [7, 11) is -0.961. The molecule has 1 rings (SSSR count). The van der Waals surface area contributed by atoms with Crippen LogP contribution in [-0.4, -0.2) is 54.3 Å². The maximum Gasteiger partial charge on any atom is 1.00 e. The van der Waals surface area contributed by atoms with Gasteiger partial charge in [0.1, 0.15) is 0 Å². The van der Waals surface area contributed by atoms with Gasteiger partial charge in [-0.3, -0.25) is 0 Å². The number of nitrogens with zero attached hydrogens (tertiary/aromatic N) is 3.